The zero-order valence-corrected chi connectivity index (χ0v) is 15.1. The number of aromatic amines is 1. The Labute approximate surface area is 153 Å². The molecule has 0 radical (unpaired) electrons. The summed E-state index contributed by atoms with van der Waals surface area (Å²) in [6.07, 6.45) is 0.704. The van der Waals surface area contributed by atoms with Gasteiger partial charge in [-0.3, -0.25) is 14.7 Å². The van der Waals surface area contributed by atoms with Crippen LogP contribution in [0.3, 0.4) is 0 Å². The van der Waals surface area contributed by atoms with Crippen molar-refractivity contribution in [1.82, 2.24) is 15.2 Å². The Morgan fingerprint density at radius 3 is 2.92 bits per heavy atom. The molecule has 0 aliphatic carbocycles. The molecule has 2 heterocycles. The molecule has 0 spiro atoms. The van der Waals surface area contributed by atoms with E-state index in [-0.39, 0.29) is 17.4 Å². The Morgan fingerprint density at radius 1 is 1.28 bits per heavy atom. The summed E-state index contributed by atoms with van der Waals surface area (Å²) in [5.74, 6) is 0.764. The first-order valence-electron chi connectivity index (χ1n) is 7.57. The van der Waals surface area contributed by atoms with Crippen molar-refractivity contribution in [3.8, 4) is 0 Å². The molecule has 2 N–H and O–H groups in total. The van der Waals surface area contributed by atoms with Crippen LogP contribution in [0.4, 0.5) is 5.69 Å². The number of nitrogens with one attached hydrogen (secondary N) is 2. The molecular weight excluding hydrogens is 356 g/mol. The van der Waals surface area contributed by atoms with Crippen LogP contribution in [0.2, 0.25) is 0 Å². The third-order valence-corrected chi connectivity index (χ3v) is 5.04. The summed E-state index contributed by atoms with van der Waals surface area (Å²) in [5, 5.41) is 12.3. The van der Waals surface area contributed by atoms with Crippen LogP contribution in [-0.2, 0) is 11.2 Å². The van der Waals surface area contributed by atoms with Crippen LogP contribution in [0, 0.1) is 0 Å². The number of thiophene rings is 1. The van der Waals surface area contributed by atoms with Gasteiger partial charge in [0.25, 0.3) is 0 Å². The molecular formula is C17H16N4O2S2. The van der Waals surface area contributed by atoms with Crippen molar-refractivity contribution in [2.45, 2.75) is 18.5 Å². The maximum atomic E-state index is 12.0. The molecule has 2 aromatic heterocycles. The molecule has 8 heteroatoms. The molecule has 128 valence electrons. The number of benzene rings is 1. The Bertz CT molecular complexity index is 874. The first kappa shape index (κ1) is 17.4. The number of carbonyl (C=O) groups excluding carboxylic acids is 2. The molecule has 0 aliphatic heterocycles. The maximum Gasteiger partial charge on any atom is 0.234 e. The zero-order valence-electron chi connectivity index (χ0n) is 13.5. The predicted molar refractivity (Wildman–Crippen MR) is 99.3 cm³/mol. The van der Waals surface area contributed by atoms with Gasteiger partial charge in [0, 0.05) is 22.5 Å². The van der Waals surface area contributed by atoms with Gasteiger partial charge in [-0.15, -0.1) is 16.4 Å². The van der Waals surface area contributed by atoms with E-state index in [1.165, 1.54) is 23.6 Å². The van der Waals surface area contributed by atoms with Gasteiger partial charge < -0.3 is 5.32 Å². The van der Waals surface area contributed by atoms with Gasteiger partial charge in [-0.05, 0) is 30.5 Å². The van der Waals surface area contributed by atoms with Crippen LogP contribution in [0.5, 0.6) is 0 Å². The number of H-pyrrole nitrogens is 1. The highest BCUT2D eigenvalue weighted by Gasteiger charge is 2.09. The minimum Gasteiger partial charge on any atom is -0.325 e. The highest BCUT2D eigenvalue weighted by atomic mass is 32.2. The van der Waals surface area contributed by atoms with Crippen molar-refractivity contribution < 1.29 is 9.59 Å². The van der Waals surface area contributed by atoms with E-state index in [0.717, 1.165) is 5.82 Å². The molecule has 0 unspecified atom stereocenters. The van der Waals surface area contributed by atoms with Crippen LogP contribution in [0.15, 0.2) is 46.9 Å². The second kappa shape index (κ2) is 8.09. The summed E-state index contributed by atoms with van der Waals surface area (Å²) in [6, 6.07) is 10.9. The zero-order chi connectivity index (χ0) is 17.6. The van der Waals surface area contributed by atoms with Crippen molar-refractivity contribution in [1.29, 1.82) is 0 Å². The molecule has 0 saturated heterocycles. The van der Waals surface area contributed by atoms with E-state index in [1.54, 1.807) is 35.6 Å². The first-order valence-corrected chi connectivity index (χ1v) is 9.44. The summed E-state index contributed by atoms with van der Waals surface area (Å²) in [6.45, 7) is 1.49. The summed E-state index contributed by atoms with van der Waals surface area (Å²) in [7, 11) is 0. The van der Waals surface area contributed by atoms with E-state index >= 15 is 0 Å². The van der Waals surface area contributed by atoms with Gasteiger partial charge in [0.2, 0.25) is 11.1 Å². The normalized spacial score (nSPS) is 10.6. The molecule has 0 bridgehead atoms. The van der Waals surface area contributed by atoms with Crippen molar-refractivity contribution in [3.63, 3.8) is 0 Å². The number of aromatic nitrogens is 3. The minimum atomic E-state index is -0.171. The molecule has 25 heavy (non-hydrogen) atoms. The number of Topliss-reactive ketones (excluding diaryl/α,β-unsaturated/α-hetero) is 1. The summed E-state index contributed by atoms with van der Waals surface area (Å²) < 4.78 is 0. The molecule has 1 amide bonds. The van der Waals surface area contributed by atoms with Crippen LogP contribution >= 0.6 is 23.1 Å². The van der Waals surface area contributed by atoms with Crippen molar-refractivity contribution in [2.75, 3.05) is 11.1 Å². The van der Waals surface area contributed by atoms with Crippen molar-refractivity contribution in [2.24, 2.45) is 0 Å². The van der Waals surface area contributed by atoms with Gasteiger partial charge in [0.1, 0.15) is 5.82 Å². The molecule has 0 fully saturated rings. The topological polar surface area (TPSA) is 87.7 Å². The molecule has 3 aromatic rings. The standard InChI is InChI=1S/C17H16N4O2S2/c1-11(22)12-4-2-5-13(8-12)18-16(23)10-25-17-19-15(20-21-17)9-14-6-3-7-24-14/h2-8H,9-10H2,1H3,(H,18,23)(H,19,20,21). The highest BCUT2D eigenvalue weighted by molar-refractivity contribution is 7.99. The molecule has 1 aromatic carbocycles. The number of hydrogen-bond donors (Lipinski definition) is 2. The van der Waals surface area contributed by atoms with Gasteiger partial charge >= 0.3 is 0 Å². The average molecular weight is 372 g/mol. The lowest BCUT2D eigenvalue weighted by molar-refractivity contribution is -0.113. The Hall–Kier alpha value is -2.45. The molecule has 0 atom stereocenters. The lowest BCUT2D eigenvalue weighted by Gasteiger charge is -2.05. The maximum absolute atomic E-state index is 12.0. The number of ketones is 1. The number of thioether (sulfide) groups is 1. The molecule has 0 saturated carbocycles. The fourth-order valence-electron chi connectivity index (χ4n) is 2.14. The van der Waals surface area contributed by atoms with E-state index < -0.39 is 0 Å². The second-order valence-electron chi connectivity index (χ2n) is 5.29. The average Bonchev–Trinajstić information content (AvgIpc) is 3.25. The quantitative estimate of drug-likeness (QED) is 0.490. The second-order valence-corrected chi connectivity index (χ2v) is 7.27. The number of anilines is 1. The summed E-state index contributed by atoms with van der Waals surface area (Å²) in [5.41, 5.74) is 1.17. The van der Waals surface area contributed by atoms with E-state index in [9.17, 15) is 9.59 Å². The van der Waals surface area contributed by atoms with E-state index in [1.807, 2.05) is 17.5 Å². The van der Waals surface area contributed by atoms with Gasteiger partial charge in [-0.25, -0.2) is 4.98 Å². The van der Waals surface area contributed by atoms with Crippen molar-refractivity contribution in [3.05, 3.63) is 58.0 Å². The Morgan fingerprint density at radius 2 is 2.16 bits per heavy atom. The number of rotatable bonds is 7. The van der Waals surface area contributed by atoms with Crippen LogP contribution in [-0.4, -0.2) is 32.6 Å². The van der Waals surface area contributed by atoms with Gasteiger partial charge in [-0.2, -0.15) is 0 Å². The predicted octanol–water partition coefficient (Wildman–Crippen LogP) is 3.39. The third-order valence-electron chi connectivity index (χ3n) is 3.32. The smallest absolute Gasteiger partial charge is 0.234 e. The van der Waals surface area contributed by atoms with Crippen LogP contribution < -0.4 is 5.32 Å². The molecule has 6 nitrogen and oxygen atoms in total. The monoisotopic (exact) mass is 372 g/mol. The van der Waals surface area contributed by atoms with Crippen LogP contribution in [0.25, 0.3) is 0 Å². The highest BCUT2D eigenvalue weighted by Crippen LogP contribution is 2.17. The fourth-order valence-corrected chi connectivity index (χ4v) is 3.47. The molecule has 0 aliphatic rings. The van der Waals surface area contributed by atoms with Gasteiger partial charge in [0.05, 0.1) is 5.75 Å². The fraction of sp³-hybridized carbons (Fsp3) is 0.176. The number of hydrogen-bond acceptors (Lipinski definition) is 6. The number of carbonyl (C=O) groups is 2. The van der Waals surface area contributed by atoms with E-state index in [2.05, 4.69) is 20.5 Å². The minimum absolute atomic E-state index is 0.0375. The summed E-state index contributed by atoms with van der Waals surface area (Å²) >= 11 is 2.93. The summed E-state index contributed by atoms with van der Waals surface area (Å²) in [4.78, 5) is 29.0. The van der Waals surface area contributed by atoms with Crippen LogP contribution in [0.1, 0.15) is 28.0 Å². The number of amides is 1. The molecule has 3 rings (SSSR count). The number of nitrogens with zero attached hydrogens (tertiary/aromatic N) is 2. The lowest BCUT2D eigenvalue weighted by atomic mass is 10.1. The largest absolute Gasteiger partial charge is 0.325 e. The van der Waals surface area contributed by atoms with E-state index in [0.29, 0.717) is 22.8 Å². The van der Waals surface area contributed by atoms with Gasteiger partial charge in [-0.1, -0.05) is 30.0 Å². The SMILES string of the molecule is CC(=O)c1cccc(NC(=O)CSc2n[nH]c(Cc3cccs3)n2)c1. The van der Waals surface area contributed by atoms with Gasteiger partial charge in [0.15, 0.2) is 5.78 Å². The lowest BCUT2D eigenvalue weighted by Crippen LogP contribution is -2.14. The Balaban J connectivity index is 1.51. The van der Waals surface area contributed by atoms with Crippen molar-refractivity contribution >= 4 is 40.5 Å². The van der Waals surface area contributed by atoms with E-state index in [4.69, 9.17) is 0 Å². The first-order chi connectivity index (χ1) is 12.1. The third kappa shape index (κ3) is 5.01. The Kier molecular flexibility index (Phi) is 5.62.